The Labute approximate surface area is 135 Å². The van der Waals surface area contributed by atoms with Crippen LogP contribution in [0.4, 0.5) is 4.39 Å². The fraction of sp³-hybridized carbons (Fsp3) is 0.615. The van der Waals surface area contributed by atoms with Crippen molar-refractivity contribution >= 4 is 21.8 Å². The lowest BCUT2D eigenvalue weighted by atomic mass is 10.0. The lowest BCUT2D eigenvalue weighted by molar-refractivity contribution is 0.176. The monoisotopic (exact) mass is 351 g/mol. The van der Waals surface area contributed by atoms with E-state index in [0.29, 0.717) is 19.7 Å². The molecule has 6 nitrogen and oxygen atoms in total. The summed E-state index contributed by atoms with van der Waals surface area (Å²) in [5.74, 6) is -0.295. The molecule has 0 N–H and O–H groups in total. The molecule has 1 saturated heterocycles. The van der Waals surface area contributed by atoms with Crippen LogP contribution in [-0.2, 0) is 10.2 Å². The number of nitrogens with zero attached hydrogens (tertiary/aromatic N) is 3. The minimum Gasteiger partial charge on any atom is -0.492 e. The van der Waals surface area contributed by atoms with E-state index in [1.54, 1.807) is 0 Å². The summed E-state index contributed by atoms with van der Waals surface area (Å²) >= 11 is 5.51. The Bertz CT molecular complexity index is 627. The second-order valence-corrected chi connectivity index (χ2v) is 7.91. The third-order valence-corrected chi connectivity index (χ3v) is 5.71. The second-order valence-electron chi connectivity index (χ2n) is 5.41. The predicted molar refractivity (Wildman–Crippen MR) is 81.6 cm³/mol. The molecule has 0 radical (unpaired) electrons. The smallest absolute Gasteiger partial charge is 0.281 e. The van der Waals surface area contributed by atoms with Crippen molar-refractivity contribution < 1.29 is 17.5 Å². The van der Waals surface area contributed by atoms with Gasteiger partial charge in [0.1, 0.15) is 5.75 Å². The Balaban J connectivity index is 1.94. The molecule has 1 aromatic heterocycles. The van der Waals surface area contributed by atoms with E-state index in [2.05, 4.69) is 4.98 Å². The van der Waals surface area contributed by atoms with Crippen LogP contribution in [0.5, 0.6) is 5.75 Å². The number of hydrogen-bond donors (Lipinski definition) is 0. The van der Waals surface area contributed by atoms with Gasteiger partial charge in [0.2, 0.25) is 0 Å². The average molecular weight is 352 g/mol. The number of hydrogen-bond acceptors (Lipinski definition) is 4. The van der Waals surface area contributed by atoms with Gasteiger partial charge in [0.05, 0.1) is 12.8 Å². The first kappa shape index (κ1) is 17.4. The van der Waals surface area contributed by atoms with Crippen molar-refractivity contribution in [2.24, 2.45) is 5.92 Å². The van der Waals surface area contributed by atoms with Crippen LogP contribution < -0.4 is 4.74 Å². The molecule has 1 atom stereocenters. The van der Waals surface area contributed by atoms with Gasteiger partial charge in [-0.1, -0.05) is 11.6 Å². The van der Waals surface area contributed by atoms with Crippen molar-refractivity contribution in [2.45, 2.75) is 12.8 Å². The SMILES string of the molecule is CN(C)S(=O)(=O)N1CCC[C@H](COc2cnc(Cl)c(F)c2)C1. The molecule has 0 spiro atoms. The molecular formula is C13H19ClFN3O3S. The van der Waals surface area contributed by atoms with E-state index >= 15 is 0 Å². The Morgan fingerprint density at radius 2 is 2.27 bits per heavy atom. The van der Waals surface area contributed by atoms with Gasteiger partial charge in [0.25, 0.3) is 10.2 Å². The van der Waals surface area contributed by atoms with Crippen molar-refractivity contribution in [3.8, 4) is 5.75 Å². The highest BCUT2D eigenvalue weighted by atomic mass is 35.5. The van der Waals surface area contributed by atoms with Crippen LogP contribution in [0.25, 0.3) is 0 Å². The Kier molecular flexibility index (Phi) is 5.60. The predicted octanol–water partition coefficient (Wildman–Crippen LogP) is 1.77. The number of pyridine rings is 1. The van der Waals surface area contributed by atoms with Gasteiger partial charge in [-0.3, -0.25) is 0 Å². The van der Waals surface area contributed by atoms with E-state index in [1.807, 2.05) is 0 Å². The van der Waals surface area contributed by atoms with Crippen molar-refractivity contribution in [1.82, 2.24) is 13.6 Å². The first-order valence-electron chi connectivity index (χ1n) is 6.92. The van der Waals surface area contributed by atoms with Gasteiger partial charge in [0, 0.05) is 39.2 Å². The van der Waals surface area contributed by atoms with E-state index < -0.39 is 16.0 Å². The van der Waals surface area contributed by atoms with Gasteiger partial charge in [-0.15, -0.1) is 0 Å². The minimum atomic E-state index is -3.41. The summed E-state index contributed by atoms with van der Waals surface area (Å²) in [7, 11) is -0.384. The van der Waals surface area contributed by atoms with Crippen LogP contribution in [-0.4, -0.2) is 55.8 Å². The van der Waals surface area contributed by atoms with Gasteiger partial charge < -0.3 is 4.74 Å². The summed E-state index contributed by atoms with van der Waals surface area (Å²) < 4.78 is 45.7. The maximum Gasteiger partial charge on any atom is 0.281 e. The number of rotatable bonds is 5. The maximum absolute atomic E-state index is 13.3. The normalized spacial score (nSPS) is 20.3. The molecule has 0 amide bonds. The van der Waals surface area contributed by atoms with Gasteiger partial charge >= 0.3 is 0 Å². The van der Waals surface area contributed by atoms with Gasteiger partial charge in [0.15, 0.2) is 11.0 Å². The van der Waals surface area contributed by atoms with E-state index in [0.717, 1.165) is 12.8 Å². The van der Waals surface area contributed by atoms with Gasteiger partial charge in [-0.2, -0.15) is 17.0 Å². The average Bonchev–Trinajstić information content (AvgIpc) is 2.48. The fourth-order valence-corrected chi connectivity index (χ4v) is 3.62. The zero-order chi connectivity index (χ0) is 16.3. The van der Waals surface area contributed by atoms with Crippen molar-refractivity contribution in [1.29, 1.82) is 0 Å². The molecule has 0 aromatic carbocycles. The molecule has 1 aliphatic heterocycles. The molecule has 22 heavy (non-hydrogen) atoms. The number of ether oxygens (including phenoxy) is 1. The maximum atomic E-state index is 13.3. The highest BCUT2D eigenvalue weighted by Gasteiger charge is 2.30. The summed E-state index contributed by atoms with van der Waals surface area (Å²) in [5.41, 5.74) is 0. The molecule has 0 saturated carbocycles. The molecule has 9 heteroatoms. The lowest BCUT2D eigenvalue weighted by Gasteiger charge is -2.33. The molecule has 2 heterocycles. The molecule has 124 valence electrons. The highest BCUT2D eigenvalue weighted by molar-refractivity contribution is 7.86. The topological polar surface area (TPSA) is 62.7 Å². The highest BCUT2D eigenvalue weighted by Crippen LogP contribution is 2.22. The standard InChI is InChI=1S/C13H19ClFN3O3S/c1-17(2)22(19,20)18-5-3-4-10(8-18)9-21-11-6-12(15)13(14)16-7-11/h6-7,10H,3-5,8-9H2,1-2H3/t10-/m0/s1. The Morgan fingerprint density at radius 3 is 2.91 bits per heavy atom. The Morgan fingerprint density at radius 1 is 1.55 bits per heavy atom. The summed E-state index contributed by atoms with van der Waals surface area (Å²) in [6.45, 7) is 1.21. The first-order chi connectivity index (χ1) is 10.3. The summed E-state index contributed by atoms with van der Waals surface area (Å²) in [5, 5.41) is -0.201. The molecule has 1 fully saturated rings. The lowest BCUT2D eigenvalue weighted by Crippen LogP contribution is -2.46. The molecule has 0 aliphatic carbocycles. The van der Waals surface area contributed by atoms with Gasteiger partial charge in [-0.05, 0) is 12.8 Å². The van der Waals surface area contributed by atoms with Gasteiger partial charge in [-0.25, -0.2) is 9.37 Å². The molecule has 1 aliphatic rings. The molecule has 2 rings (SSSR count). The zero-order valence-corrected chi connectivity index (χ0v) is 14.1. The molecule has 1 aromatic rings. The van der Waals surface area contributed by atoms with E-state index in [1.165, 1.54) is 35.0 Å². The van der Waals surface area contributed by atoms with Crippen LogP contribution in [0.3, 0.4) is 0 Å². The first-order valence-corrected chi connectivity index (χ1v) is 8.69. The number of piperidine rings is 1. The zero-order valence-electron chi connectivity index (χ0n) is 12.5. The largest absolute Gasteiger partial charge is 0.492 e. The summed E-state index contributed by atoms with van der Waals surface area (Å²) in [4.78, 5) is 3.67. The number of halogens is 2. The van der Waals surface area contributed by atoms with Crippen LogP contribution in [0.1, 0.15) is 12.8 Å². The third-order valence-electron chi connectivity index (χ3n) is 3.53. The summed E-state index contributed by atoms with van der Waals surface area (Å²) in [6.07, 6.45) is 2.99. The van der Waals surface area contributed by atoms with E-state index in [9.17, 15) is 12.8 Å². The van der Waals surface area contributed by atoms with Crippen LogP contribution in [0.15, 0.2) is 12.3 Å². The Hall–Kier alpha value is -0.960. The summed E-state index contributed by atoms with van der Waals surface area (Å²) in [6, 6.07) is 1.17. The van der Waals surface area contributed by atoms with Crippen LogP contribution in [0.2, 0.25) is 5.15 Å². The van der Waals surface area contributed by atoms with E-state index in [-0.39, 0.29) is 16.8 Å². The van der Waals surface area contributed by atoms with Crippen LogP contribution >= 0.6 is 11.6 Å². The van der Waals surface area contributed by atoms with Crippen molar-refractivity contribution in [3.63, 3.8) is 0 Å². The minimum absolute atomic E-state index is 0.0576. The van der Waals surface area contributed by atoms with E-state index in [4.69, 9.17) is 16.3 Å². The second kappa shape index (κ2) is 7.08. The van der Waals surface area contributed by atoms with Crippen molar-refractivity contribution in [3.05, 3.63) is 23.2 Å². The third kappa shape index (κ3) is 4.07. The molecular weight excluding hydrogens is 333 g/mol. The fourth-order valence-electron chi connectivity index (χ4n) is 2.30. The molecule has 0 bridgehead atoms. The van der Waals surface area contributed by atoms with Crippen LogP contribution in [0, 0.1) is 11.7 Å². The molecule has 0 unspecified atom stereocenters. The number of aromatic nitrogens is 1. The van der Waals surface area contributed by atoms with Crippen molar-refractivity contribution in [2.75, 3.05) is 33.8 Å². The quantitative estimate of drug-likeness (QED) is 0.758.